The van der Waals surface area contributed by atoms with Gasteiger partial charge in [0, 0.05) is 23.5 Å². The number of hydrogen-bond acceptors (Lipinski definition) is 7. The SMILES string of the molecule is COc1cc(C(=O)NCC2CC(n3c(=O)c4c(C)onc4c4c(Cl)cccc43)C2(C)C)cc(OC)c1OC. The monoisotopic (exact) mass is 539 g/mol. The van der Waals surface area contributed by atoms with E-state index in [2.05, 4.69) is 24.3 Å². The maximum absolute atomic E-state index is 13.7. The summed E-state index contributed by atoms with van der Waals surface area (Å²) in [6.07, 6.45) is 0.708. The Morgan fingerprint density at radius 1 is 1.16 bits per heavy atom. The van der Waals surface area contributed by atoms with Gasteiger partial charge in [0.1, 0.15) is 16.7 Å². The van der Waals surface area contributed by atoms with Crippen LogP contribution in [0.5, 0.6) is 17.2 Å². The summed E-state index contributed by atoms with van der Waals surface area (Å²) in [7, 11) is 4.53. The molecule has 0 radical (unpaired) electrons. The number of fused-ring (bicyclic) bond motifs is 3. The van der Waals surface area contributed by atoms with Crippen LogP contribution in [0.2, 0.25) is 5.02 Å². The molecule has 2 aromatic carbocycles. The van der Waals surface area contributed by atoms with Crippen LogP contribution in [0.1, 0.15) is 42.4 Å². The number of pyridine rings is 1. The first-order valence-corrected chi connectivity index (χ1v) is 12.7. The number of ether oxygens (including phenoxy) is 3. The second-order valence-electron chi connectivity index (χ2n) is 10.2. The molecule has 38 heavy (non-hydrogen) atoms. The van der Waals surface area contributed by atoms with Crippen molar-refractivity contribution in [2.24, 2.45) is 11.3 Å². The number of nitrogens with zero attached hydrogens (tertiary/aromatic N) is 2. The Balaban J connectivity index is 1.42. The molecule has 200 valence electrons. The van der Waals surface area contributed by atoms with E-state index < -0.39 is 0 Å². The van der Waals surface area contributed by atoms with Crippen LogP contribution < -0.4 is 25.1 Å². The van der Waals surface area contributed by atoms with E-state index in [1.54, 1.807) is 25.1 Å². The maximum atomic E-state index is 13.7. The molecule has 2 atom stereocenters. The summed E-state index contributed by atoms with van der Waals surface area (Å²) in [5, 5.41) is 8.83. The van der Waals surface area contributed by atoms with Crippen LogP contribution >= 0.6 is 11.6 Å². The van der Waals surface area contributed by atoms with E-state index in [0.29, 0.717) is 62.8 Å². The van der Waals surface area contributed by atoms with E-state index >= 15 is 0 Å². The molecule has 4 aromatic rings. The van der Waals surface area contributed by atoms with Crippen molar-refractivity contribution in [3.05, 3.63) is 57.0 Å². The Morgan fingerprint density at radius 2 is 1.84 bits per heavy atom. The smallest absolute Gasteiger partial charge is 0.264 e. The molecule has 1 aliphatic carbocycles. The molecule has 1 fully saturated rings. The average molecular weight is 540 g/mol. The van der Waals surface area contributed by atoms with Gasteiger partial charge in [-0.3, -0.25) is 9.59 Å². The fraction of sp³-hybridized carbons (Fsp3) is 0.393. The van der Waals surface area contributed by atoms with Gasteiger partial charge in [0.05, 0.1) is 31.9 Å². The fourth-order valence-electron chi connectivity index (χ4n) is 5.59. The molecule has 9 nitrogen and oxygen atoms in total. The summed E-state index contributed by atoms with van der Waals surface area (Å²) >= 11 is 6.57. The molecule has 0 aliphatic heterocycles. The Labute approximate surface area is 224 Å². The summed E-state index contributed by atoms with van der Waals surface area (Å²) in [5.74, 6) is 1.59. The molecule has 0 bridgehead atoms. The maximum Gasteiger partial charge on any atom is 0.264 e. The Morgan fingerprint density at radius 3 is 2.45 bits per heavy atom. The molecule has 1 aliphatic rings. The molecular formula is C28H30ClN3O6. The Kier molecular flexibility index (Phi) is 6.51. The van der Waals surface area contributed by atoms with Gasteiger partial charge in [-0.25, -0.2) is 0 Å². The second-order valence-corrected chi connectivity index (χ2v) is 10.6. The molecule has 10 heteroatoms. The first-order valence-electron chi connectivity index (χ1n) is 12.3. The van der Waals surface area contributed by atoms with Crippen molar-refractivity contribution < 1.29 is 23.5 Å². The van der Waals surface area contributed by atoms with Crippen molar-refractivity contribution >= 4 is 39.3 Å². The number of carbonyl (C=O) groups is 1. The van der Waals surface area contributed by atoms with Crippen molar-refractivity contribution in [2.75, 3.05) is 27.9 Å². The van der Waals surface area contributed by atoms with Gasteiger partial charge in [-0.2, -0.15) is 0 Å². The first-order chi connectivity index (χ1) is 18.1. The third-order valence-corrected chi connectivity index (χ3v) is 8.26. The highest BCUT2D eigenvalue weighted by atomic mass is 35.5. The molecule has 2 heterocycles. The average Bonchev–Trinajstić information content (AvgIpc) is 3.29. The fourth-order valence-corrected chi connectivity index (χ4v) is 5.84. The number of hydrogen-bond donors (Lipinski definition) is 1. The summed E-state index contributed by atoms with van der Waals surface area (Å²) in [5.41, 5.74) is 1.17. The highest BCUT2D eigenvalue weighted by Gasteiger charge is 2.50. The molecule has 1 saturated carbocycles. The summed E-state index contributed by atoms with van der Waals surface area (Å²) in [6.45, 7) is 6.41. The molecule has 1 N–H and O–H groups in total. The zero-order chi connectivity index (χ0) is 27.4. The van der Waals surface area contributed by atoms with E-state index in [1.165, 1.54) is 21.3 Å². The minimum atomic E-state index is -0.291. The highest BCUT2D eigenvalue weighted by molar-refractivity contribution is 6.37. The molecule has 1 amide bonds. The van der Waals surface area contributed by atoms with Crippen LogP contribution in [-0.4, -0.2) is 43.5 Å². The number of nitrogens with one attached hydrogen (secondary N) is 1. The van der Waals surface area contributed by atoms with Crippen LogP contribution in [0.4, 0.5) is 0 Å². The highest BCUT2D eigenvalue weighted by Crippen LogP contribution is 2.54. The molecule has 5 rings (SSSR count). The largest absolute Gasteiger partial charge is 0.493 e. The third-order valence-electron chi connectivity index (χ3n) is 7.95. The zero-order valence-electron chi connectivity index (χ0n) is 22.2. The van der Waals surface area contributed by atoms with Gasteiger partial charge in [-0.15, -0.1) is 0 Å². The van der Waals surface area contributed by atoms with Gasteiger partial charge in [0.15, 0.2) is 11.5 Å². The van der Waals surface area contributed by atoms with Crippen molar-refractivity contribution in [2.45, 2.75) is 33.2 Å². The van der Waals surface area contributed by atoms with Crippen LogP contribution in [0.3, 0.4) is 0 Å². The van der Waals surface area contributed by atoms with Gasteiger partial charge in [0.25, 0.3) is 11.5 Å². The van der Waals surface area contributed by atoms with Crippen molar-refractivity contribution in [1.29, 1.82) is 0 Å². The lowest BCUT2D eigenvalue weighted by Crippen LogP contribution is -2.52. The lowest BCUT2D eigenvalue weighted by Gasteiger charge is -2.53. The van der Waals surface area contributed by atoms with Crippen molar-refractivity contribution in [1.82, 2.24) is 15.0 Å². The number of aryl methyl sites for hydroxylation is 1. The normalized spacial score (nSPS) is 18.3. The Bertz CT molecular complexity index is 1600. The number of carbonyl (C=O) groups excluding carboxylic acids is 1. The predicted octanol–water partition coefficient (Wildman–Crippen LogP) is 5.15. The molecule has 0 spiro atoms. The molecular weight excluding hydrogens is 510 g/mol. The summed E-state index contributed by atoms with van der Waals surface area (Å²) < 4.78 is 23.3. The quantitative estimate of drug-likeness (QED) is 0.346. The Hall–Kier alpha value is -3.72. The van der Waals surface area contributed by atoms with Gasteiger partial charge in [0.2, 0.25) is 5.75 Å². The predicted molar refractivity (Wildman–Crippen MR) is 145 cm³/mol. The topological polar surface area (TPSA) is 105 Å². The minimum Gasteiger partial charge on any atom is -0.493 e. The molecule has 2 unspecified atom stereocenters. The minimum absolute atomic E-state index is 0.0993. The first kappa shape index (κ1) is 25.9. The second kappa shape index (κ2) is 9.54. The number of benzene rings is 2. The van der Waals surface area contributed by atoms with Crippen LogP contribution in [-0.2, 0) is 0 Å². The van der Waals surface area contributed by atoms with Crippen molar-refractivity contribution in [3.63, 3.8) is 0 Å². The van der Waals surface area contributed by atoms with E-state index in [-0.39, 0.29) is 28.8 Å². The number of methoxy groups -OCH3 is 3. The summed E-state index contributed by atoms with van der Waals surface area (Å²) in [4.78, 5) is 26.8. The zero-order valence-corrected chi connectivity index (χ0v) is 22.9. The van der Waals surface area contributed by atoms with Crippen LogP contribution in [0, 0.1) is 18.3 Å². The van der Waals surface area contributed by atoms with E-state index in [9.17, 15) is 9.59 Å². The van der Waals surface area contributed by atoms with Crippen molar-refractivity contribution in [3.8, 4) is 17.2 Å². The lowest BCUT2D eigenvalue weighted by molar-refractivity contribution is -0.00715. The standard InChI is InChI=1S/C28H30ClN3O6/c1-14-22-24(31-38-14)23-17(29)8-7-9-18(23)32(27(22)34)21-12-16(28(21,2)3)13-30-26(33)15-10-19(35-4)25(37-6)20(11-15)36-5/h7-11,16,21H,12-13H2,1-6H3,(H,30,33). The van der Waals surface area contributed by atoms with E-state index in [4.69, 9.17) is 30.3 Å². The van der Waals surface area contributed by atoms with Gasteiger partial charge in [-0.05, 0) is 48.9 Å². The van der Waals surface area contributed by atoms with E-state index in [0.717, 1.165) is 5.52 Å². The lowest BCUT2D eigenvalue weighted by atomic mass is 9.58. The van der Waals surface area contributed by atoms with E-state index in [1.807, 2.05) is 16.7 Å². The third kappa shape index (κ3) is 3.88. The summed E-state index contributed by atoms with van der Waals surface area (Å²) in [6, 6.07) is 8.66. The van der Waals surface area contributed by atoms with Crippen LogP contribution in [0.15, 0.2) is 39.6 Å². The number of rotatable bonds is 7. The van der Waals surface area contributed by atoms with Gasteiger partial charge >= 0.3 is 0 Å². The number of halogens is 1. The van der Waals surface area contributed by atoms with Gasteiger partial charge in [-0.1, -0.05) is 36.7 Å². The molecule has 2 aromatic heterocycles. The number of aromatic nitrogens is 2. The van der Waals surface area contributed by atoms with Crippen LogP contribution in [0.25, 0.3) is 21.8 Å². The van der Waals surface area contributed by atoms with Gasteiger partial charge < -0.3 is 28.6 Å². The molecule has 0 saturated heterocycles. The number of amides is 1.